The minimum atomic E-state index is -4.87. The van der Waals surface area contributed by atoms with Crippen LogP contribution in [0, 0.1) is 0 Å². The number of hydrogen-bond acceptors (Lipinski definition) is 2. The van der Waals surface area contributed by atoms with E-state index in [4.69, 9.17) is 16.3 Å². The molecular formula is C14H15ClF3NO2. The van der Waals surface area contributed by atoms with Crippen molar-refractivity contribution in [2.24, 2.45) is 0 Å². The molecule has 0 aromatic heterocycles. The van der Waals surface area contributed by atoms with Crippen LogP contribution in [0.15, 0.2) is 23.8 Å². The zero-order valence-electron chi connectivity index (χ0n) is 11.8. The minimum Gasteiger partial charge on any atom is -0.496 e. The quantitative estimate of drug-likeness (QED) is 0.845. The first-order valence-electron chi connectivity index (χ1n) is 5.98. The topological polar surface area (TPSA) is 29.5 Å². The van der Waals surface area contributed by atoms with Crippen LogP contribution in [0.3, 0.4) is 0 Å². The van der Waals surface area contributed by atoms with E-state index in [1.807, 2.05) is 0 Å². The van der Waals surface area contributed by atoms with Crippen LogP contribution in [0.1, 0.15) is 12.5 Å². The zero-order valence-corrected chi connectivity index (χ0v) is 12.5. The lowest BCUT2D eigenvalue weighted by Gasteiger charge is -2.19. The number of carbonyl (C=O) groups excluding carboxylic acids is 1. The lowest BCUT2D eigenvalue weighted by molar-refractivity contribution is -0.183. The summed E-state index contributed by atoms with van der Waals surface area (Å²) in [6.07, 6.45) is -3.24. The number of methoxy groups -OCH3 is 1. The number of ether oxygens (including phenoxy) is 1. The van der Waals surface area contributed by atoms with Crippen LogP contribution in [0.5, 0.6) is 5.75 Å². The van der Waals surface area contributed by atoms with Crippen LogP contribution in [0.2, 0.25) is 5.02 Å². The van der Waals surface area contributed by atoms with Gasteiger partial charge in [0.1, 0.15) is 5.75 Å². The smallest absolute Gasteiger partial charge is 0.471 e. The maximum Gasteiger partial charge on any atom is 0.471 e. The van der Waals surface area contributed by atoms with Crippen molar-refractivity contribution in [3.05, 3.63) is 34.4 Å². The molecule has 7 heteroatoms. The predicted octanol–water partition coefficient (Wildman–Crippen LogP) is 3.77. The predicted molar refractivity (Wildman–Crippen MR) is 75.3 cm³/mol. The lowest BCUT2D eigenvalue weighted by Crippen LogP contribution is -2.39. The molecule has 0 heterocycles. The van der Waals surface area contributed by atoms with Gasteiger partial charge in [0.25, 0.3) is 0 Å². The molecule has 0 fully saturated rings. The number of carbonyl (C=O) groups is 1. The number of halogens is 4. The number of nitrogens with zero attached hydrogens (tertiary/aromatic N) is 1. The Morgan fingerprint density at radius 1 is 1.43 bits per heavy atom. The fraction of sp³-hybridized carbons (Fsp3) is 0.357. The van der Waals surface area contributed by atoms with Gasteiger partial charge in [-0.2, -0.15) is 13.2 Å². The third-order valence-corrected chi connectivity index (χ3v) is 2.90. The average molecular weight is 322 g/mol. The molecule has 0 radical (unpaired) electrons. The lowest BCUT2D eigenvalue weighted by atomic mass is 10.1. The van der Waals surface area contributed by atoms with Crippen molar-refractivity contribution >= 4 is 23.6 Å². The van der Waals surface area contributed by atoms with Crippen LogP contribution in [-0.2, 0) is 4.79 Å². The molecule has 0 saturated heterocycles. The molecule has 0 aliphatic heterocycles. The molecule has 1 amide bonds. The first kappa shape index (κ1) is 17.4. The summed E-state index contributed by atoms with van der Waals surface area (Å²) in [5, 5.41) is 0.481. The van der Waals surface area contributed by atoms with Crippen molar-refractivity contribution in [1.29, 1.82) is 0 Å². The monoisotopic (exact) mass is 321 g/mol. The molecule has 1 aromatic rings. The summed E-state index contributed by atoms with van der Waals surface area (Å²) in [7, 11) is 2.58. The molecule has 0 N–H and O–H groups in total. The van der Waals surface area contributed by atoms with Gasteiger partial charge in [-0.15, -0.1) is 0 Å². The van der Waals surface area contributed by atoms with Gasteiger partial charge in [0.05, 0.1) is 7.11 Å². The Bertz CT molecular complexity index is 556. The van der Waals surface area contributed by atoms with Crippen molar-refractivity contribution < 1.29 is 22.7 Å². The maximum absolute atomic E-state index is 12.3. The molecule has 0 aliphatic rings. The first-order valence-corrected chi connectivity index (χ1v) is 6.36. The van der Waals surface area contributed by atoms with Gasteiger partial charge in [0.15, 0.2) is 0 Å². The summed E-state index contributed by atoms with van der Waals surface area (Å²) in [6, 6.07) is 4.94. The zero-order chi connectivity index (χ0) is 16.2. The van der Waals surface area contributed by atoms with E-state index in [0.717, 1.165) is 7.05 Å². The van der Waals surface area contributed by atoms with E-state index in [1.54, 1.807) is 31.2 Å². The van der Waals surface area contributed by atoms with Crippen molar-refractivity contribution in [3.8, 4) is 5.75 Å². The molecule has 0 unspecified atom stereocenters. The average Bonchev–Trinajstić information content (AvgIpc) is 2.36. The number of alkyl halides is 3. The van der Waals surface area contributed by atoms with Crippen LogP contribution in [0.4, 0.5) is 13.2 Å². The van der Waals surface area contributed by atoms with Crippen molar-refractivity contribution in [1.82, 2.24) is 4.90 Å². The standard InChI is InChI=1S/C14H15ClF3NO2/c1-9(8-19(2)13(20)14(16,17)18)6-10-7-11(15)4-5-12(10)21-3/h4-7H,8H2,1-3H3/b9-6+. The van der Waals surface area contributed by atoms with Gasteiger partial charge in [-0.3, -0.25) is 4.79 Å². The van der Waals surface area contributed by atoms with Gasteiger partial charge in [-0.05, 0) is 25.1 Å². The fourth-order valence-electron chi connectivity index (χ4n) is 1.79. The Hall–Kier alpha value is -1.69. The van der Waals surface area contributed by atoms with Crippen molar-refractivity contribution in [3.63, 3.8) is 0 Å². The maximum atomic E-state index is 12.3. The molecule has 3 nitrogen and oxygen atoms in total. The van der Waals surface area contributed by atoms with Gasteiger partial charge in [-0.25, -0.2) is 0 Å². The highest BCUT2D eigenvalue weighted by atomic mass is 35.5. The van der Waals surface area contributed by atoms with E-state index >= 15 is 0 Å². The van der Waals surface area contributed by atoms with Crippen LogP contribution in [0.25, 0.3) is 6.08 Å². The molecule has 21 heavy (non-hydrogen) atoms. The van der Waals surface area contributed by atoms with E-state index in [-0.39, 0.29) is 6.54 Å². The Morgan fingerprint density at radius 3 is 2.57 bits per heavy atom. The Labute approximate surface area is 125 Å². The summed E-state index contributed by atoms with van der Waals surface area (Å²) >= 11 is 5.88. The van der Waals surface area contributed by atoms with Gasteiger partial charge >= 0.3 is 12.1 Å². The number of benzene rings is 1. The van der Waals surface area contributed by atoms with E-state index in [1.165, 1.54) is 7.11 Å². The molecule has 0 atom stereocenters. The van der Waals surface area contributed by atoms with Crippen LogP contribution < -0.4 is 4.74 Å². The highest BCUT2D eigenvalue weighted by molar-refractivity contribution is 6.30. The summed E-state index contributed by atoms with van der Waals surface area (Å²) in [4.78, 5) is 11.7. The first-order chi connectivity index (χ1) is 9.65. The SMILES string of the molecule is COc1ccc(Cl)cc1/C=C(\C)CN(C)C(=O)C(F)(F)F. The normalized spacial score (nSPS) is 12.2. The summed E-state index contributed by atoms with van der Waals surface area (Å²) in [5.74, 6) is -1.34. The molecule has 0 spiro atoms. The summed E-state index contributed by atoms with van der Waals surface area (Å²) < 4.78 is 42.0. The largest absolute Gasteiger partial charge is 0.496 e. The fourth-order valence-corrected chi connectivity index (χ4v) is 1.97. The summed E-state index contributed by atoms with van der Waals surface area (Å²) in [5.41, 5.74) is 1.20. The van der Waals surface area contributed by atoms with Crippen LogP contribution in [-0.4, -0.2) is 37.7 Å². The number of rotatable bonds is 4. The van der Waals surface area contributed by atoms with E-state index in [9.17, 15) is 18.0 Å². The number of amides is 1. The van der Waals surface area contributed by atoms with Gasteiger partial charge in [-0.1, -0.05) is 23.3 Å². The number of likely N-dealkylation sites (N-methyl/N-ethyl adjacent to an activating group) is 1. The van der Waals surface area contributed by atoms with E-state index in [0.29, 0.717) is 26.8 Å². The van der Waals surface area contributed by atoms with Crippen LogP contribution >= 0.6 is 11.6 Å². The second-order valence-corrected chi connectivity index (χ2v) is 4.97. The number of hydrogen-bond donors (Lipinski definition) is 0. The third kappa shape index (κ3) is 4.97. The molecule has 116 valence electrons. The second kappa shape index (κ2) is 6.85. The molecule has 1 aromatic carbocycles. The minimum absolute atomic E-state index is 0.145. The molecule has 0 bridgehead atoms. The molecular weight excluding hydrogens is 307 g/mol. The summed E-state index contributed by atoms with van der Waals surface area (Å²) in [6.45, 7) is 1.48. The van der Waals surface area contributed by atoms with E-state index < -0.39 is 12.1 Å². The highest BCUT2D eigenvalue weighted by Gasteiger charge is 2.41. The highest BCUT2D eigenvalue weighted by Crippen LogP contribution is 2.25. The Kier molecular flexibility index (Phi) is 5.66. The molecule has 0 aliphatic carbocycles. The third-order valence-electron chi connectivity index (χ3n) is 2.67. The second-order valence-electron chi connectivity index (χ2n) is 4.54. The van der Waals surface area contributed by atoms with Gasteiger partial charge < -0.3 is 9.64 Å². The Morgan fingerprint density at radius 2 is 2.05 bits per heavy atom. The Balaban J connectivity index is 2.91. The molecule has 0 saturated carbocycles. The van der Waals surface area contributed by atoms with Crippen molar-refractivity contribution in [2.75, 3.05) is 20.7 Å². The van der Waals surface area contributed by atoms with Gasteiger partial charge in [0.2, 0.25) is 0 Å². The van der Waals surface area contributed by atoms with Gasteiger partial charge in [0, 0.05) is 24.2 Å². The van der Waals surface area contributed by atoms with E-state index in [2.05, 4.69) is 0 Å². The molecule has 1 rings (SSSR count). The van der Waals surface area contributed by atoms with Crippen molar-refractivity contribution in [2.45, 2.75) is 13.1 Å².